The van der Waals surface area contributed by atoms with Crippen LogP contribution in [-0.2, 0) is 14.8 Å². The van der Waals surface area contributed by atoms with E-state index in [4.69, 9.17) is 18.0 Å². The molecule has 0 radical (unpaired) electrons. The number of carbonyl (C=O) groups excluding carboxylic acids is 1. The second kappa shape index (κ2) is 6.61. The number of hydrogen-bond acceptors (Lipinski definition) is 5. The predicted octanol–water partition coefficient (Wildman–Crippen LogP) is 0.481. The van der Waals surface area contributed by atoms with Crippen LogP contribution in [-0.4, -0.2) is 55.7 Å². The van der Waals surface area contributed by atoms with Crippen LogP contribution >= 0.6 is 23.6 Å². The van der Waals surface area contributed by atoms with E-state index in [-0.39, 0.29) is 28.2 Å². The summed E-state index contributed by atoms with van der Waals surface area (Å²) < 4.78 is 26.1. The number of nitrogens with zero attached hydrogens (tertiary/aromatic N) is 2. The zero-order chi connectivity index (χ0) is 15.5. The maximum Gasteiger partial charge on any atom is 0.253 e. The highest BCUT2D eigenvalue weighted by molar-refractivity contribution is 7.91. The van der Waals surface area contributed by atoms with E-state index in [2.05, 4.69) is 0 Å². The predicted molar refractivity (Wildman–Crippen MR) is 83.3 cm³/mol. The third-order valence-corrected chi connectivity index (χ3v) is 6.44. The van der Waals surface area contributed by atoms with E-state index in [1.165, 1.54) is 11.0 Å². The molecule has 20 heavy (non-hydrogen) atoms. The Bertz CT molecular complexity index is 607. The van der Waals surface area contributed by atoms with Gasteiger partial charge in [0.1, 0.15) is 9.20 Å². The van der Waals surface area contributed by atoms with Gasteiger partial charge < -0.3 is 10.6 Å². The molecule has 6 nitrogen and oxygen atoms in total. The Morgan fingerprint density at radius 2 is 2.00 bits per heavy atom. The molecule has 1 heterocycles. The van der Waals surface area contributed by atoms with E-state index >= 15 is 0 Å². The van der Waals surface area contributed by atoms with Crippen LogP contribution < -0.4 is 5.73 Å². The molecule has 0 spiro atoms. The van der Waals surface area contributed by atoms with Crippen molar-refractivity contribution in [2.45, 2.75) is 11.1 Å². The molecule has 112 valence electrons. The van der Waals surface area contributed by atoms with E-state index in [0.717, 1.165) is 15.6 Å². The van der Waals surface area contributed by atoms with E-state index in [0.29, 0.717) is 4.88 Å². The SMILES string of the molecule is CCN(CC(=O)N(C)C)S(=O)(=O)c1ccc(C(N)=S)s1. The van der Waals surface area contributed by atoms with Gasteiger partial charge in [-0.1, -0.05) is 19.1 Å². The highest BCUT2D eigenvalue weighted by atomic mass is 32.2. The standard InChI is InChI=1S/C11H17N3O3S3/c1-4-14(7-9(15)13(2)3)20(16,17)10-6-5-8(19-10)11(12)18/h5-6H,4,7H2,1-3H3,(H2,12,18). The van der Waals surface area contributed by atoms with E-state index in [1.54, 1.807) is 27.1 Å². The smallest absolute Gasteiger partial charge is 0.253 e. The highest BCUT2D eigenvalue weighted by Gasteiger charge is 2.27. The van der Waals surface area contributed by atoms with Gasteiger partial charge in [0.2, 0.25) is 5.91 Å². The first-order chi connectivity index (χ1) is 9.20. The first-order valence-corrected chi connectivity index (χ1v) is 8.46. The van der Waals surface area contributed by atoms with Gasteiger partial charge in [0.25, 0.3) is 10.0 Å². The van der Waals surface area contributed by atoms with Crippen molar-refractivity contribution >= 4 is 44.5 Å². The molecule has 0 unspecified atom stereocenters. The Labute approximate surface area is 128 Å². The van der Waals surface area contributed by atoms with Gasteiger partial charge in [-0.05, 0) is 12.1 Å². The Hall–Kier alpha value is -1.03. The number of sulfonamides is 1. The maximum absolute atomic E-state index is 12.4. The molecule has 1 amide bonds. The number of thiophene rings is 1. The topological polar surface area (TPSA) is 83.7 Å². The van der Waals surface area contributed by atoms with Gasteiger partial charge in [0.05, 0.1) is 11.4 Å². The van der Waals surface area contributed by atoms with Crippen LogP contribution in [0.2, 0.25) is 0 Å². The summed E-state index contributed by atoms with van der Waals surface area (Å²) >= 11 is 5.82. The molecule has 2 N–H and O–H groups in total. The molecule has 0 aliphatic heterocycles. The summed E-state index contributed by atoms with van der Waals surface area (Å²) in [6.45, 7) is 1.71. The van der Waals surface area contributed by atoms with Crippen molar-refractivity contribution in [2.75, 3.05) is 27.2 Å². The van der Waals surface area contributed by atoms with Gasteiger partial charge in [-0.25, -0.2) is 8.42 Å². The van der Waals surface area contributed by atoms with Gasteiger partial charge in [-0.3, -0.25) is 4.79 Å². The van der Waals surface area contributed by atoms with Gasteiger partial charge in [-0.2, -0.15) is 4.31 Å². The summed E-state index contributed by atoms with van der Waals surface area (Å²) in [5.41, 5.74) is 5.47. The van der Waals surface area contributed by atoms with Crippen molar-refractivity contribution in [2.24, 2.45) is 5.73 Å². The monoisotopic (exact) mass is 335 g/mol. The van der Waals surface area contributed by atoms with Gasteiger partial charge in [0.15, 0.2) is 0 Å². The fraction of sp³-hybridized carbons (Fsp3) is 0.455. The van der Waals surface area contributed by atoms with Crippen molar-refractivity contribution in [1.82, 2.24) is 9.21 Å². The molecule has 0 aliphatic carbocycles. The average molecular weight is 335 g/mol. The lowest BCUT2D eigenvalue weighted by atomic mass is 10.5. The quantitative estimate of drug-likeness (QED) is 0.765. The minimum absolute atomic E-state index is 0.133. The van der Waals surface area contributed by atoms with E-state index in [1.807, 2.05) is 0 Å². The molecule has 1 rings (SSSR count). The van der Waals surface area contributed by atoms with Gasteiger partial charge >= 0.3 is 0 Å². The molecule has 9 heteroatoms. The largest absolute Gasteiger partial charge is 0.389 e. The average Bonchev–Trinajstić information content (AvgIpc) is 2.85. The second-order valence-corrected chi connectivity index (χ2v) is 7.89. The molecule has 0 aromatic carbocycles. The molecule has 0 saturated carbocycles. The third-order valence-electron chi connectivity index (χ3n) is 2.58. The summed E-state index contributed by atoms with van der Waals surface area (Å²) in [7, 11) is -0.539. The van der Waals surface area contributed by atoms with Crippen molar-refractivity contribution in [3.63, 3.8) is 0 Å². The van der Waals surface area contributed by atoms with E-state index < -0.39 is 10.0 Å². The first kappa shape index (κ1) is 17.0. The molecular formula is C11H17N3O3S3. The number of nitrogens with two attached hydrogens (primary N) is 1. The number of amides is 1. The van der Waals surface area contributed by atoms with Crippen molar-refractivity contribution in [3.8, 4) is 0 Å². The lowest BCUT2D eigenvalue weighted by Crippen LogP contribution is -2.39. The highest BCUT2D eigenvalue weighted by Crippen LogP contribution is 2.24. The Morgan fingerprint density at radius 3 is 2.40 bits per heavy atom. The van der Waals surface area contributed by atoms with Crippen molar-refractivity contribution in [3.05, 3.63) is 17.0 Å². The fourth-order valence-electron chi connectivity index (χ4n) is 1.38. The lowest BCUT2D eigenvalue weighted by molar-refractivity contribution is -0.128. The second-order valence-electron chi connectivity index (χ2n) is 4.20. The molecule has 0 aliphatic rings. The van der Waals surface area contributed by atoms with Gasteiger partial charge in [-0.15, -0.1) is 11.3 Å². The number of hydrogen-bond donors (Lipinski definition) is 1. The first-order valence-electron chi connectivity index (χ1n) is 5.80. The van der Waals surface area contributed by atoms with Crippen LogP contribution in [0.25, 0.3) is 0 Å². The number of likely N-dealkylation sites (N-methyl/N-ethyl adjacent to an activating group) is 2. The van der Waals surface area contributed by atoms with Crippen molar-refractivity contribution < 1.29 is 13.2 Å². The zero-order valence-corrected chi connectivity index (χ0v) is 13.9. The van der Waals surface area contributed by atoms with Crippen molar-refractivity contribution in [1.29, 1.82) is 0 Å². The number of carbonyl (C=O) groups is 1. The molecule has 0 saturated heterocycles. The Morgan fingerprint density at radius 1 is 1.40 bits per heavy atom. The minimum Gasteiger partial charge on any atom is -0.389 e. The fourth-order valence-corrected chi connectivity index (χ4v) is 4.28. The summed E-state index contributed by atoms with van der Waals surface area (Å²) in [6.07, 6.45) is 0. The Balaban J connectivity index is 3.05. The molecule has 1 aromatic rings. The lowest BCUT2D eigenvalue weighted by Gasteiger charge is -2.20. The van der Waals surface area contributed by atoms with Crippen LogP contribution in [0.3, 0.4) is 0 Å². The summed E-state index contributed by atoms with van der Waals surface area (Å²) in [5.74, 6) is -0.276. The summed E-state index contributed by atoms with van der Waals surface area (Å²) in [5, 5.41) is 0. The van der Waals surface area contributed by atoms with Crippen LogP contribution in [0, 0.1) is 0 Å². The summed E-state index contributed by atoms with van der Waals surface area (Å²) in [6, 6.07) is 3.03. The van der Waals surface area contributed by atoms with Crippen LogP contribution in [0.1, 0.15) is 11.8 Å². The molecule has 1 aromatic heterocycles. The third kappa shape index (κ3) is 3.75. The van der Waals surface area contributed by atoms with Crippen LogP contribution in [0.15, 0.2) is 16.3 Å². The maximum atomic E-state index is 12.4. The summed E-state index contributed by atoms with van der Waals surface area (Å²) in [4.78, 5) is 13.7. The van der Waals surface area contributed by atoms with E-state index in [9.17, 15) is 13.2 Å². The number of rotatable bonds is 6. The van der Waals surface area contributed by atoms with Crippen LogP contribution in [0.4, 0.5) is 0 Å². The molecule has 0 fully saturated rings. The van der Waals surface area contributed by atoms with Gasteiger partial charge in [0, 0.05) is 20.6 Å². The molecule has 0 bridgehead atoms. The number of thiocarbonyl (C=S) groups is 1. The Kier molecular flexibility index (Phi) is 5.63. The molecular weight excluding hydrogens is 318 g/mol. The molecule has 0 atom stereocenters. The minimum atomic E-state index is -3.70. The zero-order valence-electron chi connectivity index (χ0n) is 11.5. The normalized spacial score (nSPS) is 11.6. The van der Waals surface area contributed by atoms with Crippen LogP contribution in [0.5, 0.6) is 0 Å².